The van der Waals surface area contributed by atoms with Crippen LogP contribution in [-0.2, 0) is 38.7 Å². The molecule has 0 amide bonds. The van der Waals surface area contributed by atoms with Crippen LogP contribution >= 0.6 is 39.0 Å². The van der Waals surface area contributed by atoms with Gasteiger partial charge in [0.25, 0.3) is 0 Å². The van der Waals surface area contributed by atoms with Crippen molar-refractivity contribution in [2.24, 2.45) is 0 Å². The number of carbonyl (C=O) groups is 2. The second-order valence-corrected chi connectivity index (χ2v) is 18.4. The number of halogens is 2. The molecule has 0 heterocycles. The van der Waals surface area contributed by atoms with Crippen LogP contribution in [0.1, 0.15) is 0 Å². The van der Waals surface area contributed by atoms with Crippen molar-refractivity contribution in [1.29, 1.82) is 0 Å². The minimum atomic E-state index is -1.37. The van der Waals surface area contributed by atoms with E-state index in [1.807, 2.05) is 0 Å². The topological polar surface area (TPSA) is 114 Å². The summed E-state index contributed by atoms with van der Waals surface area (Å²) in [6.07, 6.45) is 8.27. The van der Waals surface area contributed by atoms with Gasteiger partial charge in [-0.05, 0) is 71.0 Å². The van der Waals surface area contributed by atoms with Crippen LogP contribution < -0.4 is 42.0 Å². The van der Waals surface area contributed by atoms with E-state index in [1.54, 1.807) is 11.9 Å². The Morgan fingerprint density at radius 2 is 0.619 bits per heavy atom. The van der Waals surface area contributed by atoms with Crippen molar-refractivity contribution < 1.29 is 48.9 Å². The van der Waals surface area contributed by atoms with Gasteiger partial charge in [0.1, 0.15) is 11.9 Å². The molecule has 0 radical (unpaired) electrons. The molecule has 8 rings (SSSR count). The third-order valence-electron chi connectivity index (χ3n) is 8.99. The Morgan fingerprint density at radius 1 is 0.413 bits per heavy atom. The first kappa shape index (κ1) is 49.8. The summed E-state index contributed by atoms with van der Waals surface area (Å²) in [5.74, 6) is 0.372. The summed E-state index contributed by atoms with van der Waals surface area (Å²) >= 11 is 11.2. The summed E-state index contributed by atoms with van der Waals surface area (Å²) in [5, 5.41) is 27.3. The van der Waals surface area contributed by atoms with Crippen molar-refractivity contribution in [1.82, 2.24) is 0 Å². The van der Waals surface area contributed by atoms with Crippen LogP contribution in [0.3, 0.4) is 0 Å². The molecule has 2 unspecified atom stereocenters. The second-order valence-electron chi connectivity index (χ2n) is 13.1. The van der Waals surface area contributed by atoms with E-state index in [-0.39, 0.29) is 41.8 Å². The number of benzene rings is 6. The Balaban J connectivity index is 0.000000188. The van der Waals surface area contributed by atoms with E-state index in [1.165, 1.54) is 68.3 Å². The fraction of sp³-hybridized carbons (Fsp3) is 0.0385. The molecule has 0 saturated carbocycles. The smallest absolute Gasteiger partial charge is 0.545 e. The van der Waals surface area contributed by atoms with Gasteiger partial charge in [0, 0.05) is 0 Å². The van der Waals surface area contributed by atoms with E-state index in [4.69, 9.17) is 23.2 Å². The van der Waals surface area contributed by atoms with Crippen LogP contribution in [0.5, 0.6) is 0 Å². The van der Waals surface area contributed by atoms with Gasteiger partial charge < -0.3 is 19.8 Å². The number of carbonyl (C=O) groups excluding carboxylic acids is 4. The van der Waals surface area contributed by atoms with Crippen LogP contribution in [0.25, 0.3) is 0 Å². The monoisotopic (exact) mass is 992 g/mol. The number of hydrogen-bond acceptors (Lipinski definition) is 6. The van der Waals surface area contributed by atoms with Crippen LogP contribution in [-0.4, -0.2) is 34.6 Å². The Kier molecular flexibility index (Phi) is 21.0. The van der Waals surface area contributed by atoms with Crippen LogP contribution in [0.15, 0.2) is 241 Å². The average Bonchev–Trinajstić information content (AvgIpc) is 3.32. The molecular weight excluding hydrogens is 954 g/mol. The predicted molar refractivity (Wildman–Crippen MR) is 252 cm³/mol. The normalized spacial score (nSPS) is 14.6. The molecule has 2 aliphatic rings. The van der Waals surface area contributed by atoms with Gasteiger partial charge in [-0.3, -0.25) is 0 Å². The summed E-state index contributed by atoms with van der Waals surface area (Å²) in [4.78, 5) is 41.2. The number of carboxylic acid groups (broad SMARTS) is 2. The molecule has 0 aromatic heterocycles. The van der Waals surface area contributed by atoms with E-state index in [9.17, 15) is 29.4 Å². The Hall–Kier alpha value is -5.82. The maximum absolute atomic E-state index is 10.4. The second kappa shape index (κ2) is 26.6. The van der Waals surface area contributed by atoms with E-state index in [0.29, 0.717) is 0 Å². The molecule has 314 valence electrons. The van der Waals surface area contributed by atoms with Gasteiger partial charge in [0.2, 0.25) is 0 Å². The van der Waals surface area contributed by atoms with Gasteiger partial charge >= 0.3 is 19.5 Å². The molecule has 0 aliphatic heterocycles. The minimum Gasteiger partial charge on any atom is -0.545 e. The molecule has 6 aromatic rings. The van der Waals surface area contributed by atoms with Crippen molar-refractivity contribution in [3.05, 3.63) is 241 Å². The zero-order chi connectivity index (χ0) is 44.1. The van der Waals surface area contributed by atoms with Gasteiger partial charge in [-0.25, -0.2) is 9.59 Å². The molecule has 2 atom stereocenters. The fourth-order valence-electron chi connectivity index (χ4n) is 6.06. The number of carboxylic acids is 2. The Labute approximate surface area is 392 Å². The summed E-state index contributed by atoms with van der Waals surface area (Å²) in [6, 6.07) is 64.7. The standard InChI is InChI=1S/2C18H15P.2C8H5ClO3.Ru/c2*1-4-10-16(11-5-1)19(17-12-6-2-7-13-17)18-14-8-3-9-15-18;2*9-7-5(4-10)2-1-3-6(7)8(11)12;/h2*1-15H;2*1-3,7H,(H,11,12);/q;;;;+2/p-2. The molecule has 11 heteroatoms. The summed E-state index contributed by atoms with van der Waals surface area (Å²) in [5.41, 5.74) is -0.00762. The molecule has 63 heavy (non-hydrogen) atoms. The Morgan fingerprint density at radius 3 is 0.794 bits per heavy atom. The summed E-state index contributed by atoms with van der Waals surface area (Å²) < 4.78 is 0. The molecular formula is C52H38Cl2O6P2Ru. The molecule has 2 aliphatic carbocycles. The third-order valence-corrected chi connectivity index (χ3v) is 14.8. The molecule has 0 N–H and O–H groups in total. The van der Waals surface area contributed by atoms with E-state index >= 15 is 0 Å². The largest absolute Gasteiger partial charge is 2.00 e. The number of allylic oxidation sites excluding steroid dienone is 8. The van der Waals surface area contributed by atoms with E-state index in [2.05, 4.69) is 182 Å². The number of rotatable bonds is 8. The molecule has 6 nitrogen and oxygen atoms in total. The quantitative estimate of drug-likeness (QED) is 0.0791. The van der Waals surface area contributed by atoms with Crippen LogP contribution in [0, 0.1) is 0 Å². The zero-order valence-electron chi connectivity index (χ0n) is 33.4. The van der Waals surface area contributed by atoms with Crippen LogP contribution in [0.2, 0.25) is 0 Å². The van der Waals surface area contributed by atoms with Crippen molar-refractivity contribution in [2.75, 3.05) is 0 Å². The van der Waals surface area contributed by atoms with Gasteiger partial charge in [0.15, 0.2) is 0 Å². The average molecular weight is 993 g/mol. The van der Waals surface area contributed by atoms with E-state index < -0.39 is 38.5 Å². The fourth-order valence-corrected chi connectivity index (χ4v) is 11.2. The maximum Gasteiger partial charge on any atom is 2.00 e. The van der Waals surface area contributed by atoms with Gasteiger partial charge in [-0.2, -0.15) is 0 Å². The van der Waals surface area contributed by atoms with Crippen molar-refractivity contribution in [3.8, 4) is 0 Å². The first-order valence-corrected chi connectivity index (χ1v) is 22.7. The van der Waals surface area contributed by atoms with Crippen molar-refractivity contribution >= 4 is 94.7 Å². The number of alkyl halides is 2. The summed E-state index contributed by atoms with van der Waals surface area (Å²) in [7, 11) is -0.892. The van der Waals surface area contributed by atoms with E-state index in [0.717, 1.165) is 0 Å². The molecule has 0 spiro atoms. The summed E-state index contributed by atoms with van der Waals surface area (Å²) in [6.45, 7) is 0. The van der Waals surface area contributed by atoms with Crippen LogP contribution in [0.4, 0.5) is 0 Å². The number of aliphatic carboxylic acids is 2. The maximum atomic E-state index is 10.4. The third kappa shape index (κ3) is 14.6. The molecule has 0 fully saturated rings. The van der Waals surface area contributed by atoms with Crippen molar-refractivity contribution in [3.63, 3.8) is 0 Å². The molecule has 6 aromatic carbocycles. The SMILES string of the molecule is O=C=C1C=CC=C(C(=O)[O-])C1Cl.O=C=C1C=CC=C(C(=O)[O-])C1Cl.[Ru+2].c1ccc(P(c2ccccc2)c2ccccc2)cc1.c1ccc(P(c2ccccc2)c2ccccc2)cc1. The Bertz CT molecular complexity index is 2240. The molecule has 0 saturated heterocycles. The van der Waals surface area contributed by atoms with Gasteiger partial charge in [-0.1, -0.05) is 206 Å². The first-order chi connectivity index (χ1) is 30.2. The van der Waals surface area contributed by atoms with Gasteiger partial charge in [-0.15, -0.1) is 23.2 Å². The minimum absolute atomic E-state index is 0. The zero-order valence-corrected chi connectivity index (χ0v) is 38.4. The van der Waals surface area contributed by atoms with Crippen molar-refractivity contribution in [2.45, 2.75) is 10.8 Å². The predicted octanol–water partition coefficient (Wildman–Crippen LogP) is 6.08. The molecule has 0 bridgehead atoms. The van der Waals surface area contributed by atoms with Gasteiger partial charge in [0.05, 0.1) is 33.8 Å². The first-order valence-electron chi connectivity index (χ1n) is 19.1. The number of hydrogen-bond donors (Lipinski definition) is 0.